The summed E-state index contributed by atoms with van der Waals surface area (Å²) >= 11 is 5.87. The SMILES string of the molecule is CC(C)(N)c1cn(CCOc2cccc(Cl)c2)nn1. The normalized spacial score (nSPS) is 11.6. The fourth-order valence-corrected chi connectivity index (χ4v) is 1.70. The number of hydrogen-bond donors (Lipinski definition) is 1. The molecule has 0 atom stereocenters. The molecule has 19 heavy (non-hydrogen) atoms. The van der Waals surface area contributed by atoms with E-state index in [4.69, 9.17) is 22.1 Å². The first-order chi connectivity index (χ1) is 8.95. The Bertz CT molecular complexity index is 548. The summed E-state index contributed by atoms with van der Waals surface area (Å²) in [4.78, 5) is 0. The molecule has 1 aromatic carbocycles. The fraction of sp³-hybridized carbons (Fsp3) is 0.385. The number of benzene rings is 1. The lowest BCUT2D eigenvalue weighted by Gasteiger charge is -2.13. The molecule has 0 amide bonds. The minimum atomic E-state index is -0.480. The van der Waals surface area contributed by atoms with Gasteiger partial charge in [0, 0.05) is 5.02 Å². The summed E-state index contributed by atoms with van der Waals surface area (Å²) in [5.41, 5.74) is 6.22. The molecule has 0 fully saturated rings. The van der Waals surface area contributed by atoms with E-state index in [9.17, 15) is 0 Å². The van der Waals surface area contributed by atoms with Gasteiger partial charge in [-0.15, -0.1) is 5.10 Å². The molecule has 5 nitrogen and oxygen atoms in total. The first-order valence-corrected chi connectivity index (χ1v) is 6.41. The van der Waals surface area contributed by atoms with Gasteiger partial charge in [-0.2, -0.15) is 0 Å². The van der Waals surface area contributed by atoms with Gasteiger partial charge in [-0.25, -0.2) is 4.68 Å². The van der Waals surface area contributed by atoms with Crippen LogP contribution in [-0.4, -0.2) is 21.6 Å². The third-order valence-corrected chi connectivity index (χ3v) is 2.82. The van der Waals surface area contributed by atoms with Crippen LogP contribution in [0.3, 0.4) is 0 Å². The lowest BCUT2D eigenvalue weighted by atomic mass is 10.0. The Morgan fingerprint density at radius 3 is 2.84 bits per heavy atom. The van der Waals surface area contributed by atoms with Gasteiger partial charge in [0.05, 0.1) is 18.3 Å². The van der Waals surface area contributed by atoms with Crippen molar-refractivity contribution in [2.45, 2.75) is 25.9 Å². The number of hydrogen-bond acceptors (Lipinski definition) is 4. The molecule has 0 spiro atoms. The predicted molar refractivity (Wildman–Crippen MR) is 74.2 cm³/mol. The third-order valence-electron chi connectivity index (χ3n) is 2.58. The summed E-state index contributed by atoms with van der Waals surface area (Å²) in [6.07, 6.45) is 1.83. The highest BCUT2D eigenvalue weighted by Gasteiger charge is 2.18. The van der Waals surface area contributed by atoms with Gasteiger partial charge < -0.3 is 10.5 Å². The van der Waals surface area contributed by atoms with Crippen LogP contribution in [0.1, 0.15) is 19.5 Å². The zero-order valence-electron chi connectivity index (χ0n) is 11.0. The molecule has 6 heteroatoms. The standard InChI is InChI=1S/C13H17ClN4O/c1-13(2,15)12-9-18(17-16-12)6-7-19-11-5-3-4-10(14)8-11/h3-5,8-9H,6-7,15H2,1-2H3. The van der Waals surface area contributed by atoms with E-state index < -0.39 is 5.54 Å². The van der Waals surface area contributed by atoms with Crippen LogP contribution >= 0.6 is 11.6 Å². The minimum Gasteiger partial charge on any atom is -0.492 e. The van der Waals surface area contributed by atoms with Crippen LogP contribution in [0.5, 0.6) is 5.75 Å². The molecule has 0 aliphatic heterocycles. The van der Waals surface area contributed by atoms with Gasteiger partial charge in [0.15, 0.2) is 0 Å². The van der Waals surface area contributed by atoms with Crippen molar-refractivity contribution >= 4 is 11.6 Å². The monoisotopic (exact) mass is 280 g/mol. The van der Waals surface area contributed by atoms with E-state index in [1.807, 2.05) is 32.2 Å². The number of halogens is 1. The van der Waals surface area contributed by atoms with Crippen LogP contribution in [0, 0.1) is 0 Å². The summed E-state index contributed by atoms with van der Waals surface area (Å²) < 4.78 is 7.30. The number of nitrogens with zero attached hydrogens (tertiary/aromatic N) is 3. The van der Waals surface area contributed by atoms with E-state index in [2.05, 4.69) is 10.3 Å². The maximum atomic E-state index is 5.94. The van der Waals surface area contributed by atoms with E-state index in [0.29, 0.717) is 18.2 Å². The highest BCUT2D eigenvalue weighted by atomic mass is 35.5. The zero-order chi connectivity index (χ0) is 13.9. The second kappa shape index (κ2) is 5.59. The van der Waals surface area contributed by atoms with Gasteiger partial charge in [0.1, 0.15) is 18.1 Å². The Morgan fingerprint density at radius 1 is 1.42 bits per heavy atom. The molecule has 0 aliphatic carbocycles. The van der Waals surface area contributed by atoms with E-state index in [-0.39, 0.29) is 0 Å². The van der Waals surface area contributed by atoms with Crippen molar-refractivity contribution in [3.63, 3.8) is 0 Å². The molecule has 0 unspecified atom stereocenters. The minimum absolute atomic E-state index is 0.480. The summed E-state index contributed by atoms with van der Waals surface area (Å²) in [5, 5.41) is 8.71. The smallest absolute Gasteiger partial charge is 0.120 e. The molecule has 0 saturated heterocycles. The molecule has 0 radical (unpaired) electrons. The Morgan fingerprint density at radius 2 is 2.21 bits per heavy atom. The Balaban J connectivity index is 1.88. The summed E-state index contributed by atoms with van der Waals surface area (Å²) in [6.45, 7) is 4.89. The summed E-state index contributed by atoms with van der Waals surface area (Å²) in [6, 6.07) is 7.29. The van der Waals surface area contributed by atoms with Gasteiger partial charge in [-0.05, 0) is 32.0 Å². The van der Waals surface area contributed by atoms with Crippen molar-refractivity contribution in [2.24, 2.45) is 5.73 Å². The van der Waals surface area contributed by atoms with Crippen molar-refractivity contribution < 1.29 is 4.74 Å². The second-order valence-electron chi connectivity index (χ2n) is 4.89. The number of aromatic nitrogens is 3. The van der Waals surface area contributed by atoms with E-state index in [1.165, 1.54) is 0 Å². The number of ether oxygens (including phenoxy) is 1. The Labute approximate surface area is 117 Å². The van der Waals surface area contributed by atoms with Crippen molar-refractivity contribution in [1.29, 1.82) is 0 Å². The van der Waals surface area contributed by atoms with Crippen LogP contribution < -0.4 is 10.5 Å². The van der Waals surface area contributed by atoms with Crippen LogP contribution in [0.25, 0.3) is 0 Å². The maximum absolute atomic E-state index is 5.94. The topological polar surface area (TPSA) is 66.0 Å². The largest absolute Gasteiger partial charge is 0.492 e. The third kappa shape index (κ3) is 3.94. The summed E-state index contributed by atoms with van der Waals surface area (Å²) in [7, 11) is 0. The van der Waals surface area contributed by atoms with Crippen LogP contribution in [0.4, 0.5) is 0 Å². The molecule has 2 rings (SSSR count). The molecule has 0 aliphatic rings. The Kier molecular flexibility index (Phi) is 4.07. The highest BCUT2D eigenvalue weighted by molar-refractivity contribution is 6.30. The van der Waals surface area contributed by atoms with Crippen LogP contribution in [-0.2, 0) is 12.1 Å². The molecular weight excluding hydrogens is 264 g/mol. The Hall–Kier alpha value is -1.59. The molecule has 1 aromatic heterocycles. The molecule has 2 N–H and O–H groups in total. The first-order valence-electron chi connectivity index (χ1n) is 6.03. The molecule has 2 aromatic rings. The van der Waals surface area contributed by atoms with Gasteiger partial charge in [-0.1, -0.05) is 22.9 Å². The van der Waals surface area contributed by atoms with Crippen molar-refractivity contribution in [2.75, 3.05) is 6.61 Å². The van der Waals surface area contributed by atoms with E-state index in [1.54, 1.807) is 16.8 Å². The molecule has 102 valence electrons. The lowest BCUT2D eigenvalue weighted by Crippen LogP contribution is -2.29. The van der Waals surface area contributed by atoms with Gasteiger partial charge >= 0.3 is 0 Å². The molecule has 0 saturated carbocycles. The van der Waals surface area contributed by atoms with Crippen LogP contribution in [0.15, 0.2) is 30.5 Å². The van der Waals surface area contributed by atoms with Crippen molar-refractivity contribution in [3.05, 3.63) is 41.2 Å². The van der Waals surface area contributed by atoms with Crippen LogP contribution in [0.2, 0.25) is 5.02 Å². The fourth-order valence-electron chi connectivity index (χ4n) is 1.52. The summed E-state index contributed by atoms with van der Waals surface area (Å²) in [5.74, 6) is 0.743. The molecule has 0 bridgehead atoms. The average molecular weight is 281 g/mol. The molecular formula is C13H17ClN4O. The zero-order valence-corrected chi connectivity index (χ0v) is 11.8. The highest BCUT2D eigenvalue weighted by Crippen LogP contribution is 2.17. The number of nitrogens with two attached hydrogens (primary N) is 1. The average Bonchev–Trinajstić information content (AvgIpc) is 2.77. The van der Waals surface area contributed by atoms with Gasteiger partial charge in [-0.3, -0.25) is 0 Å². The van der Waals surface area contributed by atoms with Crippen molar-refractivity contribution in [3.8, 4) is 5.75 Å². The molecule has 1 heterocycles. The van der Waals surface area contributed by atoms with Gasteiger partial charge in [0.25, 0.3) is 0 Å². The predicted octanol–water partition coefficient (Wildman–Crippen LogP) is 2.20. The quantitative estimate of drug-likeness (QED) is 0.912. The van der Waals surface area contributed by atoms with Gasteiger partial charge in [0.2, 0.25) is 0 Å². The maximum Gasteiger partial charge on any atom is 0.120 e. The first kappa shape index (κ1) is 13.8. The number of rotatable bonds is 5. The van der Waals surface area contributed by atoms with E-state index in [0.717, 1.165) is 11.4 Å². The van der Waals surface area contributed by atoms with E-state index >= 15 is 0 Å². The van der Waals surface area contributed by atoms with Crippen molar-refractivity contribution in [1.82, 2.24) is 15.0 Å². The lowest BCUT2D eigenvalue weighted by molar-refractivity contribution is 0.289. The second-order valence-corrected chi connectivity index (χ2v) is 5.33.